The summed E-state index contributed by atoms with van der Waals surface area (Å²) >= 11 is 0. The molecule has 5 aromatic rings. The Balaban J connectivity index is 1.37. The molecule has 4 aromatic heterocycles. The monoisotopic (exact) mass is 501 g/mol. The summed E-state index contributed by atoms with van der Waals surface area (Å²) in [7, 11) is 0. The van der Waals surface area contributed by atoms with Gasteiger partial charge >= 0.3 is 0 Å². The third-order valence-electron chi connectivity index (χ3n) is 7.17. The Hall–Kier alpha value is -4.36. The minimum atomic E-state index is 0.705. The first-order valence-electron chi connectivity index (χ1n) is 13.2. The molecule has 0 aliphatic carbocycles. The van der Waals surface area contributed by atoms with Gasteiger partial charge in [-0.1, -0.05) is 37.3 Å². The Morgan fingerprint density at radius 2 is 1.95 bits per heavy atom. The second kappa shape index (κ2) is 10.6. The highest BCUT2D eigenvalue weighted by atomic mass is 15.1. The third-order valence-corrected chi connectivity index (χ3v) is 7.17. The lowest BCUT2D eigenvalue weighted by Gasteiger charge is -2.26. The van der Waals surface area contributed by atoms with Crippen LogP contribution < -0.4 is 10.6 Å². The number of pyridine rings is 2. The van der Waals surface area contributed by atoms with Crippen LogP contribution in [0.2, 0.25) is 0 Å². The van der Waals surface area contributed by atoms with Gasteiger partial charge in [0.05, 0.1) is 16.4 Å². The highest BCUT2D eigenvalue weighted by Crippen LogP contribution is 2.28. The van der Waals surface area contributed by atoms with Crippen molar-refractivity contribution in [2.24, 2.45) is 0 Å². The first-order chi connectivity index (χ1) is 18.7. The average Bonchev–Trinajstić information content (AvgIpc) is 3.58. The fourth-order valence-electron chi connectivity index (χ4n) is 5.19. The van der Waals surface area contributed by atoms with E-state index < -0.39 is 0 Å². The van der Waals surface area contributed by atoms with Crippen molar-refractivity contribution >= 4 is 28.8 Å². The van der Waals surface area contributed by atoms with Gasteiger partial charge in [-0.2, -0.15) is 5.10 Å². The molecule has 0 bridgehead atoms. The Kier molecular flexibility index (Phi) is 6.67. The van der Waals surface area contributed by atoms with Crippen LogP contribution in [-0.4, -0.2) is 48.1 Å². The van der Waals surface area contributed by atoms with Crippen LogP contribution >= 0.6 is 0 Å². The first kappa shape index (κ1) is 24.0. The van der Waals surface area contributed by atoms with E-state index in [9.17, 15) is 0 Å². The molecule has 7 heteroatoms. The number of para-hydroxylation sites is 1. The predicted octanol–water partition coefficient (Wildman–Crippen LogP) is 4.69. The van der Waals surface area contributed by atoms with E-state index in [0.29, 0.717) is 5.82 Å². The maximum absolute atomic E-state index is 4.98. The number of rotatable bonds is 6. The zero-order valence-electron chi connectivity index (χ0n) is 21.6. The molecular weight excluding hydrogens is 470 g/mol. The van der Waals surface area contributed by atoms with Crippen molar-refractivity contribution in [1.29, 1.82) is 0 Å². The van der Waals surface area contributed by atoms with E-state index in [0.717, 1.165) is 69.2 Å². The van der Waals surface area contributed by atoms with Gasteiger partial charge in [0.2, 0.25) is 0 Å². The minimum Gasteiger partial charge on any atom is -0.337 e. The Labute approximate surface area is 221 Å². The van der Waals surface area contributed by atoms with E-state index in [-0.39, 0.29) is 0 Å². The largest absolute Gasteiger partial charge is 0.337 e. The molecule has 0 amide bonds. The molecule has 1 aliphatic rings. The summed E-state index contributed by atoms with van der Waals surface area (Å²) in [6, 6.07) is 12.3. The number of hydrogen-bond acceptors (Lipinski definition) is 5. The standard InChI is InChI=1S/C31H31N7/c1-3-27-26(15-21(2)24-16-22(17-33-19-24)20-38-13-5-4-6-14-38)30(37-36-27)31-34-28-11-7-10-25(29(28)35-31)23-9-8-12-32-18-23/h3,7-12,15-19,36H,2,4-6,13-14,20H2,1H3,(H,34,35)/b26-15+,27-3+. The number of aromatic nitrogens is 6. The highest BCUT2D eigenvalue weighted by Gasteiger charge is 2.15. The topological polar surface area (TPSA) is 86.4 Å². The molecule has 190 valence electrons. The summed E-state index contributed by atoms with van der Waals surface area (Å²) in [6.07, 6.45) is 15.5. The Bertz CT molecular complexity index is 1710. The number of aromatic amines is 2. The van der Waals surface area contributed by atoms with Crippen LogP contribution in [0.5, 0.6) is 0 Å². The molecule has 6 rings (SSSR count). The van der Waals surface area contributed by atoms with Crippen LogP contribution in [0.1, 0.15) is 37.3 Å². The summed E-state index contributed by atoms with van der Waals surface area (Å²) < 4.78 is 0. The number of nitrogens with zero attached hydrogens (tertiary/aromatic N) is 5. The summed E-state index contributed by atoms with van der Waals surface area (Å²) in [4.78, 5) is 19.8. The van der Waals surface area contributed by atoms with Crippen molar-refractivity contribution < 1.29 is 0 Å². The molecule has 0 atom stereocenters. The van der Waals surface area contributed by atoms with E-state index in [4.69, 9.17) is 4.98 Å². The molecule has 0 spiro atoms. The number of hydrogen-bond donors (Lipinski definition) is 2. The summed E-state index contributed by atoms with van der Waals surface area (Å²) in [5.41, 5.74) is 7.76. The number of allylic oxidation sites excluding steroid dienone is 1. The van der Waals surface area contributed by atoms with E-state index in [2.05, 4.69) is 54.8 Å². The first-order valence-corrected chi connectivity index (χ1v) is 13.2. The fourth-order valence-corrected chi connectivity index (χ4v) is 5.19. The SMILES string of the molecule is C=C(/C=c1/c(-c2nc3c(-c4cccnc4)cccc3[nH]2)n[nH]/c1=C/C)c1cncc(CN2CCCCC2)c1. The van der Waals surface area contributed by atoms with Crippen LogP contribution in [0.3, 0.4) is 0 Å². The van der Waals surface area contributed by atoms with Gasteiger partial charge in [-0.05, 0) is 73.8 Å². The normalized spacial score (nSPS) is 15.4. The Morgan fingerprint density at radius 3 is 2.76 bits per heavy atom. The molecule has 2 N–H and O–H groups in total. The summed E-state index contributed by atoms with van der Waals surface area (Å²) in [6.45, 7) is 9.63. The van der Waals surface area contributed by atoms with Crippen molar-refractivity contribution in [3.05, 3.63) is 89.5 Å². The van der Waals surface area contributed by atoms with Crippen LogP contribution in [0, 0.1) is 0 Å². The minimum absolute atomic E-state index is 0.705. The lowest BCUT2D eigenvalue weighted by Crippen LogP contribution is -2.29. The maximum atomic E-state index is 4.98. The van der Waals surface area contributed by atoms with Gasteiger partial charge in [-0.15, -0.1) is 0 Å². The van der Waals surface area contributed by atoms with Crippen LogP contribution in [-0.2, 0) is 6.54 Å². The predicted molar refractivity (Wildman–Crippen MR) is 153 cm³/mol. The second-order valence-corrected chi connectivity index (χ2v) is 9.81. The average molecular weight is 502 g/mol. The summed E-state index contributed by atoms with van der Waals surface area (Å²) in [5, 5.41) is 9.67. The van der Waals surface area contributed by atoms with Crippen LogP contribution in [0.15, 0.2) is 67.8 Å². The van der Waals surface area contributed by atoms with Crippen molar-refractivity contribution in [3.8, 4) is 22.6 Å². The molecule has 1 aromatic carbocycles. The second-order valence-electron chi connectivity index (χ2n) is 9.81. The molecular formula is C31H31N7. The lowest BCUT2D eigenvalue weighted by molar-refractivity contribution is 0.220. The van der Waals surface area contributed by atoms with Gasteiger partial charge in [0, 0.05) is 47.7 Å². The van der Waals surface area contributed by atoms with Crippen LogP contribution in [0.25, 0.3) is 51.4 Å². The summed E-state index contributed by atoms with van der Waals surface area (Å²) in [5.74, 6) is 0.705. The zero-order valence-corrected chi connectivity index (χ0v) is 21.6. The van der Waals surface area contributed by atoms with Crippen molar-refractivity contribution in [2.75, 3.05) is 13.1 Å². The van der Waals surface area contributed by atoms with E-state index in [1.54, 1.807) is 6.20 Å². The molecule has 0 saturated carbocycles. The molecule has 5 heterocycles. The van der Waals surface area contributed by atoms with Crippen molar-refractivity contribution in [1.82, 2.24) is 35.0 Å². The number of fused-ring (bicyclic) bond motifs is 1. The van der Waals surface area contributed by atoms with Gasteiger partial charge in [-0.25, -0.2) is 4.98 Å². The molecule has 7 nitrogen and oxygen atoms in total. The fraction of sp³-hybridized carbons (Fsp3) is 0.226. The van der Waals surface area contributed by atoms with Gasteiger partial charge in [0.25, 0.3) is 0 Å². The molecule has 1 fully saturated rings. The van der Waals surface area contributed by atoms with E-state index in [1.807, 2.05) is 55.9 Å². The zero-order chi connectivity index (χ0) is 25.9. The highest BCUT2D eigenvalue weighted by molar-refractivity contribution is 5.94. The molecule has 38 heavy (non-hydrogen) atoms. The maximum Gasteiger partial charge on any atom is 0.159 e. The molecule has 0 radical (unpaired) electrons. The molecule has 1 saturated heterocycles. The number of nitrogens with one attached hydrogen (secondary N) is 2. The molecule has 0 unspecified atom stereocenters. The number of H-pyrrole nitrogens is 2. The van der Waals surface area contributed by atoms with E-state index in [1.165, 1.54) is 24.8 Å². The van der Waals surface area contributed by atoms with Gasteiger partial charge in [-0.3, -0.25) is 20.0 Å². The van der Waals surface area contributed by atoms with Gasteiger partial charge in [0.1, 0.15) is 5.69 Å². The van der Waals surface area contributed by atoms with Gasteiger partial charge < -0.3 is 4.98 Å². The van der Waals surface area contributed by atoms with Gasteiger partial charge in [0.15, 0.2) is 5.82 Å². The third kappa shape index (κ3) is 4.80. The Morgan fingerprint density at radius 1 is 1.05 bits per heavy atom. The number of imidazole rings is 1. The van der Waals surface area contributed by atoms with Crippen LogP contribution in [0.4, 0.5) is 0 Å². The smallest absolute Gasteiger partial charge is 0.159 e. The van der Waals surface area contributed by atoms with Crippen molar-refractivity contribution in [3.63, 3.8) is 0 Å². The number of piperidine rings is 1. The van der Waals surface area contributed by atoms with E-state index >= 15 is 0 Å². The quantitative estimate of drug-likeness (QED) is 0.353. The number of likely N-dealkylation sites (tertiary alicyclic amines) is 1. The molecule has 1 aliphatic heterocycles. The van der Waals surface area contributed by atoms with Crippen molar-refractivity contribution in [2.45, 2.75) is 32.7 Å². The lowest BCUT2D eigenvalue weighted by atomic mass is 10.0. The number of benzene rings is 1.